The lowest BCUT2D eigenvalue weighted by molar-refractivity contribution is -0.0624. The Morgan fingerprint density at radius 3 is 2.23 bits per heavy atom. The number of amides is 1. The molecule has 1 fully saturated rings. The molecular formula is C24H34N2O5. The molecule has 7 heteroatoms. The SMILES string of the molecule is CC(C)(C)OC(=O)N1[C@@H](Cc2cn(C(=O)OC(C)(C)C)c3ccccc23)COC1(C)C. The highest BCUT2D eigenvalue weighted by molar-refractivity contribution is 5.92. The second-order valence-electron chi connectivity index (χ2n) is 10.5. The number of benzene rings is 1. The fraction of sp³-hybridized carbons (Fsp3) is 0.583. The summed E-state index contributed by atoms with van der Waals surface area (Å²) in [5, 5.41) is 0.946. The summed E-state index contributed by atoms with van der Waals surface area (Å²) >= 11 is 0. The van der Waals surface area contributed by atoms with Crippen LogP contribution in [0, 0.1) is 0 Å². The number of hydrogen-bond donors (Lipinski definition) is 0. The predicted molar refractivity (Wildman–Crippen MR) is 119 cm³/mol. The Kier molecular flexibility index (Phi) is 5.86. The number of carbonyl (C=O) groups excluding carboxylic acids is 2. The molecule has 31 heavy (non-hydrogen) atoms. The van der Waals surface area contributed by atoms with E-state index in [2.05, 4.69) is 0 Å². The van der Waals surface area contributed by atoms with E-state index in [-0.39, 0.29) is 6.04 Å². The predicted octanol–water partition coefficient (Wildman–Crippen LogP) is 5.34. The number of para-hydroxylation sites is 1. The third kappa shape index (κ3) is 5.21. The molecule has 3 rings (SSSR count). The van der Waals surface area contributed by atoms with E-state index in [1.165, 1.54) is 4.57 Å². The van der Waals surface area contributed by atoms with Crippen LogP contribution in [0.5, 0.6) is 0 Å². The van der Waals surface area contributed by atoms with Gasteiger partial charge in [0.15, 0.2) is 0 Å². The Morgan fingerprint density at radius 2 is 1.61 bits per heavy atom. The normalized spacial score (nSPS) is 19.0. The number of rotatable bonds is 2. The number of carbonyl (C=O) groups is 2. The van der Waals surface area contributed by atoms with Gasteiger partial charge >= 0.3 is 12.2 Å². The van der Waals surface area contributed by atoms with Crippen LogP contribution in [0.1, 0.15) is 61.0 Å². The molecule has 7 nitrogen and oxygen atoms in total. The van der Waals surface area contributed by atoms with Crippen molar-refractivity contribution < 1.29 is 23.8 Å². The van der Waals surface area contributed by atoms with E-state index in [1.54, 1.807) is 11.1 Å². The minimum atomic E-state index is -0.781. The van der Waals surface area contributed by atoms with Gasteiger partial charge in [0.25, 0.3) is 0 Å². The zero-order valence-corrected chi connectivity index (χ0v) is 19.8. The topological polar surface area (TPSA) is 70.0 Å². The van der Waals surface area contributed by atoms with Crippen molar-refractivity contribution in [3.8, 4) is 0 Å². The molecule has 1 amide bonds. The van der Waals surface area contributed by atoms with Gasteiger partial charge in [-0.3, -0.25) is 9.47 Å². The van der Waals surface area contributed by atoms with Crippen LogP contribution < -0.4 is 0 Å². The fourth-order valence-electron chi connectivity index (χ4n) is 3.84. The Balaban J connectivity index is 1.94. The molecule has 1 atom stereocenters. The van der Waals surface area contributed by atoms with E-state index in [9.17, 15) is 9.59 Å². The second-order valence-corrected chi connectivity index (χ2v) is 10.5. The largest absolute Gasteiger partial charge is 0.444 e. The van der Waals surface area contributed by atoms with Gasteiger partial charge in [0.2, 0.25) is 0 Å². The minimum absolute atomic E-state index is 0.220. The van der Waals surface area contributed by atoms with Crippen LogP contribution >= 0.6 is 0 Å². The monoisotopic (exact) mass is 430 g/mol. The van der Waals surface area contributed by atoms with Crippen LogP contribution in [0.2, 0.25) is 0 Å². The third-order valence-electron chi connectivity index (χ3n) is 5.00. The maximum absolute atomic E-state index is 13.0. The van der Waals surface area contributed by atoms with Crippen LogP contribution in [0.4, 0.5) is 9.59 Å². The van der Waals surface area contributed by atoms with Crippen molar-refractivity contribution >= 4 is 23.1 Å². The number of fused-ring (bicyclic) bond motifs is 1. The summed E-state index contributed by atoms with van der Waals surface area (Å²) in [6.45, 7) is 15.2. The van der Waals surface area contributed by atoms with Crippen LogP contribution in [-0.4, -0.2) is 51.2 Å². The van der Waals surface area contributed by atoms with Gasteiger partial charge in [-0.1, -0.05) is 18.2 Å². The number of aromatic nitrogens is 1. The molecule has 1 aliphatic heterocycles. The van der Waals surface area contributed by atoms with Gasteiger partial charge < -0.3 is 14.2 Å². The molecule has 0 N–H and O–H groups in total. The van der Waals surface area contributed by atoms with Gasteiger partial charge in [0.05, 0.1) is 18.2 Å². The number of hydrogen-bond acceptors (Lipinski definition) is 5. The van der Waals surface area contributed by atoms with Crippen LogP contribution in [0.15, 0.2) is 30.5 Å². The van der Waals surface area contributed by atoms with E-state index in [0.717, 1.165) is 16.5 Å². The first kappa shape index (κ1) is 23.1. The summed E-state index contributed by atoms with van der Waals surface area (Å²) in [4.78, 5) is 27.4. The lowest BCUT2D eigenvalue weighted by atomic mass is 10.0. The average molecular weight is 431 g/mol. The van der Waals surface area contributed by atoms with Crippen molar-refractivity contribution in [2.45, 2.75) is 84.8 Å². The Labute approximate surface area is 184 Å². The highest BCUT2D eigenvalue weighted by Crippen LogP contribution is 2.33. The highest BCUT2D eigenvalue weighted by atomic mass is 16.6. The standard InChI is InChI=1S/C24H34N2O5/c1-22(2,3)30-20(27)25-14-16(18-11-9-10-12-19(18)25)13-17-15-29-24(7,8)26(17)21(28)31-23(4,5)6/h9-12,14,17H,13,15H2,1-8H3/t17-/m0/s1. The zero-order chi connectivity index (χ0) is 23.2. The average Bonchev–Trinajstić information content (AvgIpc) is 3.10. The molecule has 0 unspecified atom stereocenters. The highest BCUT2D eigenvalue weighted by Gasteiger charge is 2.45. The molecule has 0 bridgehead atoms. The summed E-state index contributed by atoms with van der Waals surface area (Å²) in [6.07, 6.45) is 1.49. The van der Waals surface area contributed by atoms with Crippen LogP contribution in [0.3, 0.4) is 0 Å². The quantitative estimate of drug-likeness (QED) is 0.643. The summed E-state index contributed by atoms with van der Waals surface area (Å²) in [7, 11) is 0. The maximum Gasteiger partial charge on any atom is 0.419 e. The molecule has 2 aromatic rings. The molecule has 0 aliphatic carbocycles. The summed E-state index contributed by atoms with van der Waals surface area (Å²) in [6, 6.07) is 7.48. The van der Waals surface area contributed by atoms with E-state index >= 15 is 0 Å². The van der Waals surface area contributed by atoms with Crippen molar-refractivity contribution in [2.75, 3.05) is 6.61 Å². The molecule has 1 aromatic carbocycles. The molecule has 2 heterocycles. The first-order chi connectivity index (χ1) is 14.2. The van der Waals surface area contributed by atoms with Gasteiger partial charge in [0.1, 0.15) is 16.9 Å². The molecule has 0 spiro atoms. The van der Waals surface area contributed by atoms with E-state index in [4.69, 9.17) is 14.2 Å². The summed E-state index contributed by atoms with van der Waals surface area (Å²) in [5.41, 5.74) is -0.265. The van der Waals surface area contributed by atoms with Crippen molar-refractivity contribution in [3.63, 3.8) is 0 Å². The van der Waals surface area contributed by atoms with Gasteiger partial charge in [-0.05, 0) is 73.4 Å². The molecule has 0 radical (unpaired) electrons. The molecule has 1 aromatic heterocycles. The second kappa shape index (κ2) is 7.86. The Hall–Kier alpha value is -2.54. The van der Waals surface area contributed by atoms with Crippen molar-refractivity contribution in [1.29, 1.82) is 0 Å². The van der Waals surface area contributed by atoms with Crippen LogP contribution in [0.25, 0.3) is 10.9 Å². The maximum atomic E-state index is 13.0. The molecule has 1 saturated heterocycles. The smallest absolute Gasteiger partial charge is 0.419 e. The molecule has 0 saturated carbocycles. The lowest BCUT2D eigenvalue weighted by Crippen LogP contribution is -2.50. The van der Waals surface area contributed by atoms with Crippen molar-refractivity contribution in [2.24, 2.45) is 0 Å². The van der Waals surface area contributed by atoms with E-state index in [1.807, 2.05) is 79.7 Å². The van der Waals surface area contributed by atoms with Gasteiger partial charge in [-0.2, -0.15) is 0 Å². The van der Waals surface area contributed by atoms with E-state index in [0.29, 0.717) is 13.0 Å². The number of ether oxygens (including phenoxy) is 3. The van der Waals surface area contributed by atoms with Crippen molar-refractivity contribution in [1.82, 2.24) is 9.47 Å². The fourth-order valence-corrected chi connectivity index (χ4v) is 3.84. The Bertz CT molecular complexity index is 978. The summed E-state index contributed by atoms with van der Waals surface area (Å²) < 4.78 is 18.7. The minimum Gasteiger partial charge on any atom is -0.444 e. The van der Waals surface area contributed by atoms with Gasteiger partial charge in [0, 0.05) is 11.6 Å². The van der Waals surface area contributed by atoms with Crippen LogP contribution in [-0.2, 0) is 20.6 Å². The van der Waals surface area contributed by atoms with E-state index < -0.39 is 29.1 Å². The Morgan fingerprint density at radius 1 is 1.03 bits per heavy atom. The molecular weight excluding hydrogens is 396 g/mol. The first-order valence-corrected chi connectivity index (χ1v) is 10.7. The molecule has 1 aliphatic rings. The van der Waals surface area contributed by atoms with Crippen molar-refractivity contribution in [3.05, 3.63) is 36.0 Å². The lowest BCUT2D eigenvalue weighted by Gasteiger charge is -2.35. The zero-order valence-electron chi connectivity index (χ0n) is 19.8. The third-order valence-corrected chi connectivity index (χ3v) is 5.00. The molecule has 170 valence electrons. The first-order valence-electron chi connectivity index (χ1n) is 10.7. The number of nitrogens with zero attached hydrogens (tertiary/aromatic N) is 2. The van der Waals surface area contributed by atoms with Gasteiger partial charge in [-0.15, -0.1) is 0 Å². The van der Waals surface area contributed by atoms with Gasteiger partial charge in [-0.25, -0.2) is 9.59 Å². The summed E-state index contributed by atoms with van der Waals surface area (Å²) in [5.74, 6) is 0.